The molecule has 0 unspecified atom stereocenters. The van der Waals surface area contributed by atoms with Gasteiger partial charge in [0.1, 0.15) is 22.7 Å². The fourth-order valence-corrected chi connectivity index (χ4v) is 7.06. The number of amides is 1. The molecule has 1 saturated heterocycles. The molecule has 1 N–H and O–H groups in total. The van der Waals surface area contributed by atoms with E-state index in [0.29, 0.717) is 47.1 Å². The third-order valence-electron chi connectivity index (χ3n) is 7.81. The summed E-state index contributed by atoms with van der Waals surface area (Å²) in [5.41, 5.74) is 0.878. The normalized spacial score (nSPS) is 16.8. The number of aryl methyl sites for hydroxylation is 1. The summed E-state index contributed by atoms with van der Waals surface area (Å²) in [6, 6.07) is 8.29. The molecule has 1 amide bonds. The Hall–Kier alpha value is -4.58. The van der Waals surface area contributed by atoms with Gasteiger partial charge >= 0.3 is 6.61 Å². The van der Waals surface area contributed by atoms with E-state index in [0.717, 1.165) is 0 Å². The molecule has 230 valence electrons. The first-order valence-corrected chi connectivity index (χ1v) is 15.5. The molecular weight excluding hydrogens is 601 g/mol. The van der Waals surface area contributed by atoms with Crippen LogP contribution in [0.2, 0.25) is 0 Å². The number of nitriles is 1. The van der Waals surface area contributed by atoms with Crippen LogP contribution in [0, 0.1) is 17.2 Å². The van der Waals surface area contributed by atoms with Crippen molar-refractivity contribution < 1.29 is 35.9 Å². The summed E-state index contributed by atoms with van der Waals surface area (Å²) in [5, 5.41) is 21.9. The van der Waals surface area contributed by atoms with Crippen LogP contribution in [0.1, 0.15) is 28.8 Å². The van der Waals surface area contributed by atoms with E-state index in [1.807, 2.05) is 0 Å². The minimum atomic E-state index is -3.27. The molecule has 3 heterocycles. The number of ether oxygens (including phenoxy) is 2. The van der Waals surface area contributed by atoms with Crippen molar-refractivity contribution in [1.29, 1.82) is 5.26 Å². The molecule has 2 fully saturated rings. The zero-order valence-corrected chi connectivity index (χ0v) is 24.5. The zero-order chi connectivity index (χ0) is 31.4. The number of methoxy groups -OCH3 is 1. The maximum absolute atomic E-state index is 14.2. The molecule has 0 spiro atoms. The number of alkyl halides is 3. The van der Waals surface area contributed by atoms with Crippen molar-refractivity contribution in [2.75, 3.05) is 25.2 Å². The van der Waals surface area contributed by atoms with Gasteiger partial charge in [0.15, 0.2) is 9.84 Å². The number of carbonyl (C=O) groups excluding carboxylic acids is 1. The number of hydrogen-bond acceptors (Lipinski definition) is 8. The Bertz CT molecular complexity index is 1930. The molecule has 2 aliphatic rings. The summed E-state index contributed by atoms with van der Waals surface area (Å²) in [5.74, 6) is -1.15. The van der Waals surface area contributed by atoms with Crippen molar-refractivity contribution in [1.82, 2.24) is 24.9 Å². The number of hydrogen-bond donors (Lipinski definition) is 1. The van der Waals surface area contributed by atoms with Crippen LogP contribution < -0.4 is 14.8 Å². The van der Waals surface area contributed by atoms with Gasteiger partial charge in [-0.15, -0.1) is 0 Å². The number of fused-ring (bicyclic) bond motifs is 1. The number of nitrogens with one attached hydrogen (secondary N) is 1. The summed E-state index contributed by atoms with van der Waals surface area (Å²) in [4.78, 5) is 13.0. The Morgan fingerprint density at radius 1 is 1.18 bits per heavy atom. The number of benzene rings is 2. The second-order valence-corrected chi connectivity index (χ2v) is 13.3. The van der Waals surface area contributed by atoms with Crippen molar-refractivity contribution in [2.24, 2.45) is 13.0 Å². The van der Waals surface area contributed by atoms with Gasteiger partial charge in [-0.3, -0.25) is 14.2 Å². The largest absolute Gasteiger partial charge is 0.496 e. The topological polar surface area (TPSA) is 141 Å². The third-order valence-corrected chi connectivity index (χ3v) is 9.77. The molecule has 0 bridgehead atoms. The molecule has 0 radical (unpaired) electrons. The SMILES string of the molecule is COc1cc(-c2c3c(C#N)cc(-c4cnn(CC5CS(=O)(=O)C5)c4)cc3nn2C)cc(OC(F)F)c1C(=O)NCC1(F)CC1. The lowest BCUT2D eigenvalue weighted by Crippen LogP contribution is -2.38. The van der Waals surface area contributed by atoms with Gasteiger partial charge in [0.25, 0.3) is 5.91 Å². The molecule has 6 rings (SSSR count). The van der Waals surface area contributed by atoms with E-state index < -0.39 is 33.8 Å². The van der Waals surface area contributed by atoms with Gasteiger partial charge in [-0.25, -0.2) is 12.8 Å². The third kappa shape index (κ3) is 5.69. The van der Waals surface area contributed by atoms with E-state index in [2.05, 4.69) is 21.6 Å². The zero-order valence-electron chi connectivity index (χ0n) is 23.7. The van der Waals surface area contributed by atoms with E-state index in [9.17, 15) is 31.6 Å². The van der Waals surface area contributed by atoms with Gasteiger partial charge < -0.3 is 14.8 Å². The van der Waals surface area contributed by atoms with Crippen LogP contribution in [-0.4, -0.2) is 71.3 Å². The van der Waals surface area contributed by atoms with Gasteiger partial charge in [-0.1, -0.05) is 0 Å². The van der Waals surface area contributed by atoms with Crippen molar-refractivity contribution in [2.45, 2.75) is 31.7 Å². The predicted octanol–water partition coefficient (Wildman–Crippen LogP) is 3.86. The average molecular weight is 629 g/mol. The highest BCUT2D eigenvalue weighted by Gasteiger charge is 2.43. The first-order valence-electron chi connectivity index (χ1n) is 13.7. The van der Waals surface area contributed by atoms with E-state index in [1.54, 1.807) is 36.3 Å². The first kappa shape index (κ1) is 29.5. The molecule has 4 aromatic rings. The minimum absolute atomic E-state index is 0.00447. The van der Waals surface area contributed by atoms with Crippen molar-refractivity contribution in [3.05, 3.63) is 47.8 Å². The molecule has 1 saturated carbocycles. The monoisotopic (exact) mass is 628 g/mol. The molecule has 2 aromatic heterocycles. The quantitative estimate of drug-likeness (QED) is 0.279. The smallest absolute Gasteiger partial charge is 0.387 e. The standard InChI is InChI=1S/C29H27F3N6O5S/c1-37-26(18-7-22(42-2)25(23(8-18)43-28(30)31)27(39)34-15-29(32)3-4-29)24-19(9-33)5-17(6-21(24)36-37)20-10-35-38(12-20)11-16-13-44(40,41)14-16/h5-8,10,12,16,28H,3-4,11,13-15H2,1-2H3,(H,34,39). The number of sulfone groups is 1. The second-order valence-electron chi connectivity index (χ2n) is 11.2. The highest BCUT2D eigenvalue weighted by atomic mass is 32.2. The fourth-order valence-electron chi connectivity index (χ4n) is 5.51. The van der Waals surface area contributed by atoms with Crippen LogP contribution in [-0.2, 0) is 23.4 Å². The highest BCUT2D eigenvalue weighted by molar-refractivity contribution is 7.92. The lowest BCUT2D eigenvalue weighted by Gasteiger charge is -2.25. The maximum atomic E-state index is 14.2. The van der Waals surface area contributed by atoms with Crippen LogP contribution in [0.4, 0.5) is 13.2 Å². The first-order chi connectivity index (χ1) is 20.9. The molecule has 11 nitrogen and oxygen atoms in total. The second kappa shape index (κ2) is 10.8. The van der Waals surface area contributed by atoms with Crippen LogP contribution in [0.15, 0.2) is 36.7 Å². The highest BCUT2D eigenvalue weighted by Crippen LogP contribution is 2.41. The number of aromatic nitrogens is 4. The Morgan fingerprint density at radius 2 is 1.91 bits per heavy atom. The van der Waals surface area contributed by atoms with Crippen molar-refractivity contribution in [3.8, 4) is 40.0 Å². The molecule has 0 atom stereocenters. The van der Waals surface area contributed by atoms with Crippen molar-refractivity contribution in [3.63, 3.8) is 0 Å². The van der Waals surface area contributed by atoms with Crippen molar-refractivity contribution >= 4 is 26.6 Å². The predicted molar refractivity (Wildman–Crippen MR) is 153 cm³/mol. The summed E-state index contributed by atoms with van der Waals surface area (Å²) in [7, 11) is -0.0693. The Labute approximate surface area is 250 Å². The maximum Gasteiger partial charge on any atom is 0.387 e. The van der Waals surface area contributed by atoms with E-state index >= 15 is 0 Å². The lowest BCUT2D eigenvalue weighted by atomic mass is 9.97. The van der Waals surface area contributed by atoms with Gasteiger partial charge in [0.2, 0.25) is 0 Å². The van der Waals surface area contributed by atoms with E-state index in [-0.39, 0.29) is 46.4 Å². The van der Waals surface area contributed by atoms with Crippen LogP contribution >= 0.6 is 0 Å². The molecule has 2 aromatic carbocycles. The number of rotatable bonds is 10. The molecule has 1 aliphatic carbocycles. The van der Waals surface area contributed by atoms with Crippen LogP contribution in [0.5, 0.6) is 11.5 Å². The summed E-state index contributed by atoms with van der Waals surface area (Å²) in [6.07, 6.45) is 3.99. The Balaban J connectivity index is 1.38. The Morgan fingerprint density at radius 3 is 2.55 bits per heavy atom. The summed E-state index contributed by atoms with van der Waals surface area (Å²) < 4.78 is 77.4. The summed E-state index contributed by atoms with van der Waals surface area (Å²) >= 11 is 0. The number of carbonyl (C=O) groups is 1. The summed E-state index contributed by atoms with van der Waals surface area (Å²) in [6.45, 7) is -3.09. The fraction of sp³-hybridized carbons (Fsp3) is 0.379. The number of halogens is 3. The van der Waals surface area contributed by atoms with Gasteiger partial charge in [0.05, 0.1) is 54.2 Å². The molecule has 1 aliphatic heterocycles. The average Bonchev–Trinajstić information content (AvgIpc) is 3.34. The van der Waals surface area contributed by atoms with Gasteiger partial charge in [-0.05, 0) is 42.7 Å². The Kier molecular flexibility index (Phi) is 7.27. The van der Waals surface area contributed by atoms with E-state index in [4.69, 9.17) is 9.47 Å². The van der Waals surface area contributed by atoms with Gasteiger partial charge in [0, 0.05) is 42.2 Å². The molecule has 15 heteroatoms. The van der Waals surface area contributed by atoms with Crippen LogP contribution in [0.3, 0.4) is 0 Å². The van der Waals surface area contributed by atoms with Crippen LogP contribution in [0.25, 0.3) is 33.3 Å². The molecular formula is C29H27F3N6O5S. The minimum Gasteiger partial charge on any atom is -0.496 e. The molecule has 44 heavy (non-hydrogen) atoms. The number of nitrogens with zero attached hydrogens (tertiary/aromatic N) is 5. The van der Waals surface area contributed by atoms with E-state index in [1.165, 1.54) is 23.9 Å². The lowest BCUT2D eigenvalue weighted by molar-refractivity contribution is -0.0502. The van der Waals surface area contributed by atoms with Gasteiger partial charge in [-0.2, -0.15) is 24.2 Å².